The molecule has 0 radical (unpaired) electrons. The highest BCUT2D eigenvalue weighted by Crippen LogP contribution is 2.19. The van der Waals surface area contributed by atoms with Crippen molar-refractivity contribution in [2.45, 2.75) is 19.6 Å². The van der Waals surface area contributed by atoms with Crippen molar-refractivity contribution in [2.24, 2.45) is 0 Å². The quantitative estimate of drug-likeness (QED) is 0.522. The molecule has 1 heterocycles. The first kappa shape index (κ1) is 6.67. The third-order valence-electron chi connectivity index (χ3n) is 1.21. The minimum absolute atomic E-state index is 0.416. The molecule has 0 amide bonds. The zero-order valence-corrected chi connectivity index (χ0v) is 7.10. The SMILES string of the molecule is C[Si](C)(C)C1=COCO1. The van der Waals surface area contributed by atoms with Gasteiger partial charge in [0.25, 0.3) is 0 Å². The van der Waals surface area contributed by atoms with Gasteiger partial charge in [0, 0.05) is 0 Å². The first-order valence-corrected chi connectivity index (χ1v) is 6.56. The van der Waals surface area contributed by atoms with E-state index in [-0.39, 0.29) is 0 Å². The number of rotatable bonds is 1. The Hall–Kier alpha value is -0.443. The van der Waals surface area contributed by atoms with Crippen LogP contribution in [-0.2, 0) is 9.47 Å². The van der Waals surface area contributed by atoms with Crippen LogP contribution in [0.5, 0.6) is 0 Å². The van der Waals surface area contributed by atoms with E-state index in [0.717, 1.165) is 5.38 Å². The highest BCUT2D eigenvalue weighted by Gasteiger charge is 2.24. The van der Waals surface area contributed by atoms with E-state index in [1.165, 1.54) is 0 Å². The lowest BCUT2D eigenvalue weighted by Gasteiger charge is -2.13. The second-order valence-corrected chi connectivity index (χ2v) is 8.15. The molecule has 1 aliphatic heterocycles. The average Bonchev–Trinajstić information content (AvgIpc) is 2.08. The summed E-state index contributed by atoms with van der Waals surface area (Å²) in [6.07, 6.45) is 1.74. The Morgan fingerprint density at radius 3 is 2.33 bits per heavy atom. The summed E-state index contributed by atoms with van der Waals surface area (Å²) < 4.78 is 10.2. The Morgan fingerprint density at radius 2 is 2.11 bits per heavy atom. The molecule has 0 saturated heterocycles. The normalized spacial score (nSPS) is 18.3. The molecule has 0 spiro atoms. The van der Waals surface area contributed by atoms with Crippen LogP contribution >= 0.6 is 0 Å². The lowest BCUT2D eigenvalue weighted by molar-refractivity contribution is 0.0867. The van der Waals surface area contributed by atoms with E-state index < -0.39 is 8.07 Å². The van der Waals surface area contributed by atoms with Gasteiger partial charge in [0.05, 0.1) is 0 Å². The molecular formula is C6H12O2Si. The Morgan fingerprint density at radius 1 is 1.44 bits per heavy atom. The van der Waals surface area contributed by atoms with Crippen molar-refractivity contribution in [3.05, 3.63) is 11.6 Å². The zero-order chi connectivity index (χ0) is 6.91. The van der Waals surface area contributed by atoms with Crippen LogP contribution in [0.15, 0.2) is 11.6 Å². The fourth-order valence-corrected chi connectivity index (χ4v) is 1.56. The fraction of sp³-hybridized carbons (Fsp3) is 0.667. The number of hydrogen-bond donors (Lipinski definition) is 0. The number of ether oxygens (including phenoxy) is 2. The third kappa shape index (κ3) is 1.48. The first-order valence-electron chi connectivity index (χ1n) is 3.06. The standard InChI is InChI=1S/C6H12O2Si/c1-9(2,3)6-4-7-5-8-6/h4H,5H2,1-3H3. The van der Waals surface area contributed by atoms with E-state index in [9.17, 15) is 0 Å². The van der Waals surface area contributed by atoms with E-state index in [4.69, 9.17) is 9.47 Å². The summed E-state index contributed by atoms with van der Waals surface area (Å²) in [5.74, 6) is 0. The molecule has 1 aliphatic rings. The van der Waals surface area contributed by atoms with Crippen LogP contribution in [0.25, 0.3) is 0 Å². The molecule has 0 unspecified atom stereocenters. The van der Waals surface area contributed by atoms with Crippen LogP contribution in [0.4, 0.5) is 0 Å². The van der Waals surface area contributed by atoms with Crippen molar-refractivity contribution in [1.82, 2.24) is 0 Å². The molecule has 0 aliphatic carbocycles. The van der Waals surface area contributed by atoms with Crippen molar-refractivity contribution >= 4 is 8.07 Å². The summed E-state index contributed by atoms with van der Waals surface area (Å²) in [4.78, 5) is 0. The molecule has 0 N–H and O–H groups in total. The van der Waals surface area contributed by atoms with Gasteiger partial charge in [0.2, 0.25) is 6.79 Å². The molecule has 0 aromatic carbocycles. The van der Waals surface area contributed by atoms with Gasteiger partial charge < -0.3 is 9.47 Å². The maximum atomic E-state index is 5.22. The Balaban J connectivity index is 2.61. The molecule has 9 heavy (non-hydrogen) atoms. The minimum Gasteiger partial charge on any atom is -0.464 e. The maximum absolute atomic E-state index is 5.22. The topological polar surface area (TPSA) is 18.5 Å². The minimum atomic E-state index is -1.21. The van der Waals surface area contributed by atoms with Gasteiger partial charge in [0.1, 0.15) is 19.7 Å². The second-order valence-electron chi connectivity index (χ2n) is 3.16. The molecule has 0 aromatic heterocycles. The van der Waals surface area contributed by atoms with Crippen LogP contribution in [0, 0.1) is 0 Å². The fourth-order valence-electron chi connectivity index (χ4n) is 0.635. The first-order chi connectivity index (χ1) is 4.11. The average molecular weight is 144 g/mol. The molecule has 52 valence electrons. The molecule has 0 saturated carbocycles. The Kier molecular flexibility index (Phi) is 1.53. The van der Waals surface area contributed by atoms with Crippen molar-refractivity contribution in [2.75, 3.05) is 6.79 Å². The molecule has 0 aromatic rings. The van der Waals surface area contributed by atoms with Crippen molar-refractivity contribution in [1.29, 1.82) is 0 Å². The van der Waals surface area contributed by atoms with E-state index in [2.05, 4.69) is 19.6 Å². The smallest absolute Gasteiger partial charge is 0.229 e. The highest BCUT2D eigenvalue weighted by atomic mass is 28.3. The largest absolute Gasteiger partial charge is 0.464 e. The van der Waals surface area contributed by atoms with E-state index in [1.54, 1.807) is 6.26 Å². The Bertz CT molecular complexity index is 134. The van der Waals surface area contributed by atoms with Crippen LogP contribution in [0.2, 0.25) is 19.6 Å². The highest BCUT2D eigenvalue weighted by molar-refractivity contribution is 6.82. The molecule has 1 rings (SSSR count). The van der Waals surface area contributed by atoms with E-state index >= 15 is 0 Å². The van der Waals surface area contributed by atoms with Gasteiger partial charge in [0.15, 0.2) is 0 Å². The van der Waals surface area contributed by atoms with Crippen molar-refractivity contribution in [3.8, 4) is 0 Å². The molecule has 2 nitrogen and oxygen atoms in total. The Labute approximate surface area is 56.5 Å². The van der Waals surface area contributed by atoms with Gasteiger partial charge in [-0.15, -0.1) is 0 Å². The van der Waals surface area contributed by atoms with Crippen LogP contribution in [0.3, 0.4) is 0 Å². The van der Waals surface area contributed by atoms with Gasteiger partial charge in [-0.05, 0) is 0 Å². The van der Waals surface area contributed by atoms with E-state index in [0.29, 0.717) is 6.79 Å². The molecule has 3 heteroatoms. The van der Waals surface area contributed by atoms with E-state index in [1.807, 2.05) is 0 Å². The lowest BCUT2D eigenvalue weighted by Crippen LogP contribution is -2.23. The van der Waals surface area contributed by atoms with Gasteiger partial charge >= 0.3 is 0 Å². The maximum Gasteiger partial charge on any atom is 0.229 e. The van der Waals surface area contributed by atoms with Gasteiger partial charge in [-0.1, -0.05) is 19.6 Å². The predicted octanol–water partition coefficient (Wildman–Crippen LogP) is 1.71. The summed E-state index contributed by atoms with van der Waals surface area (Å²) in [6.45, 7) is 7.11. The van der Waals surface area contributed by atoms with Gasteiger partial charge in [-0.2, -0.15) is 0 Å². The van der Waals surface area contributed by atoms with Gasteiger partial charge in [-0.3, -0.25) is 0 Å². The summed E-state index contributed by atoms with van der Waals surface area (Å²) >= 11 is 0. The summed E-state index contributed by atoms with van der Waals surface area (Å²) in [5, 5.41) is 1.07. The van der Waals surface area contributed by atoms with Crippen LogP contribution in [0.1, 0.15) is 0 Å². The van der Waals surface area contributed by atoms with Crippen molar-refractivity contribution in [3.63, 3.8) is 0 Å². The summed E-state index contributed by atoms with van der Waals surface area (Å²) in [5.41, 5.74) is 0. The van der Waals surface area contributed by atoms with Crippen LogP contribution in [-0.4, -0.2) is 14.9 Å². The van der Waals surface area contributed by atoms with Gasteiger partial charge in [-0.25, -0.2) is 0 Å². The molecule has 0 atom stereocenters. The molecule has 0 bridgehead atoms. The molecular weight excluding hydrogens is 132 g/mol. The van der Waals surface area contributed by atoms with Crippen molar-refractivity contribution < 1.29 is 9.47 Å². The second kappa shape index (κ2) is 2.06. The van der Waals surface area contributed by atoms with Crippen LogP contribution < -0.4 is 0 Å². The monoisotopic (exact) mass is 144 g/mol. The zero-order valence-electron chi connectivity index (χ0n) is 6.10. The number of hydrogen-bond acceptors (Lipinski definition) is 2. The predicted molar refractivity (Wildman–Crippen MR) is 38.5 cm³/mol. The lowest BCUT2D eigenvalue weighted by atomic mass is 11.1. The summed E-state index contributed by atoms with van der Waals surface area (Å²) in [6, 6.07) is 0. The third-order valence-corrected chi connectivity index (χ3v) is 2.95. The molecule has 0 fully saturated rings. The summed E-state index contributed by atoms with van der Waals surface area (Å²) in [7, 11) is -1.21.